The second kappa shape index (κ2) is 9.08. The van der Waals surface area contributed by atoms with E-state index >= 15 is 0 Å². The maximum Gasteiger partial charge on any atom is 0.318 e. The molecule has 0 heterocycles. The highest BCUT2D eigenvalue weighted by atomic mass is 35.5. The third-order valence-electron chi connectivity index (χ3n) is 3.55. The first kappa shape index (κ1) is 18.0. The lowest BCUT2D eigenvalue weighted by molar-refractivity contribution is -0.152. The third kappa shape index (κ3) is 5.39. The number of esters is 1. The zero-order chi connectivity index (χ0) is 17.4. The van der Waals surface area contributed by atoms with Crippen LogP contribution in [0.4, 0.5) is 0 Å². The molecule has 2 rings (SSSR count). The molecule has 0 aliphatic rings. The summed E-state index contributed by atoms with van der Waals surface area (Å²) in [5.74, 6) is -1.71. The van der Waals surface area contributed by atoms with E-state index in [4.69, 9.17) is 16.3 Å². The molecular weight excluding hydrogens is 326 g/mol. The van der Waals surface area contributed by atoms with Crippen LogP contribution >= 0.6 is 11.6 Å². The van der Waals surface area contributed by atoms with Gasteiger partial charge in [0.1, 0.15) is 5.92 Å². The first-order valence-corrected chi connectivity index (χ1v) is 8.20. The summed E-state index contributed by atoms with van der Waals surface area (Å²) in [7, 11) is 0. The molecule has 0 aliphatic heterocycles. The van der Waals surface area contributed by atoms with Crippen LogP contribution in [0, 0.1) is 5.92 Å². The van der Waals surface area contributed by atoms with Crippen molar-refractivity contribution in [1.29, 1.82) is 0 Å². The number of hydrogen-bond donors (Lipinski definition) is 1. The SMILES string of the molecule is CCOC(=O)C(Cc1ccccc1)C(=O)NCc1ccc(Cl)cc1. The molecule has 0 saturated carbocycles. The van der Waals surface area contributed by atoms with Crippen molar-refractivity contribution in [3.8, 4) is 0 Å². The molecule has 1 N–H and O–H groups in total. The van der Waals surface area contributed by atoms with E-state index in [1.807, 2.05) is 42.5 Å². The topological polar surface area (TPSA) is 55.4 Å². The summed E-state index contributed by atoms with van der Waals surface area (Å²) >= 11 is 5.84. The predicted octanol–water partition coefficient (Wildman–Crippen LogP) is 3.38. The van der Waals surface area contributed by atoms with E-state index in [9.17, 15) is 9.59 Å². The molecule has 0 aromatic heterocycles. The molecule has 24 heavy (non-hydrogen) atoms. The molecule has 126 valence electrons. The number of rotatable bonds is 7. The van der Waals surface area contributed by atoms with Crippen molar-refractivity contribution in [2.75, 3.05) is 6.61 Å². The summed E-state index contributed by atoms with van der Waals surface area (Å²) in [6, 6.07) is 16.6. The van der Waals surface area contributed by atoms with Gasteiger partial charge in [0, 0.05) is 11.6 Å². The highest BCUT2D eigenvalue weighted by molar-refractivity contribution is 6.30. The Kier molecular flexibility index (Phi) is 6.82. The quantitative estimate of drug-likeness (QED) is 0.618. The van der Waals surface area contributed by atoms with Crippen LogP contribution < -0.4 is 5.32 Å². The van der Waals surface area contributed by atoms with Gasteiger partial charge in [-0.1, -0.05) is 54.1 Å². The van der Waals surface area contributed by atoms with Crippen molar-refractivity contribution >= 4 is 23.5 Å². The Labute approximate surface area is 146 Å². The lowest BCUT2D eigenvalue weighted by Gasteiger charge is -2.16. The molecule has 0 radical (unpaired) electrons. The van der Waals surface area contributed by atoms with Crippen LogP contribution in [0.25, 0.3) is 0 Å². The smallest absolute Gasteiger partial charge is 0.318 e. The van der Waals surface area contributed by atoms with Crippen molar-refractivity contribution in [3.05, 3.63) is 70.7 Å². The lowest BCUT2D eigenvalue weighted by atomic mass is 9.98. The third-order valence-corrected chi connectivity index (χ3v) is 3.80. The van der Waals surface area contributed by atoms with Crippen molar-refractivity contribution < 1.29 is 14.3 Å². The van der Waals surface area contributed by atoms with Gasteiger partial charge in [0.2, 0.25) is 5.91 Å². The number of nitrogens with one attached hydrogen (secondary N) is 1. The first-order valence-electron chi connectivity index (χ1n) is 7.83. The normalized spacial score (nSPS) is 11.6. The van der Waals surface area contributed by atoms with E-state index in [1.165, 1.54) is 0 Å². The Bertz CT molecular complexity index is 671. The number of benzene rings is 2. The molecule has 2 aromatic carbocycles. The van der Waals surface area contributed by atoms with E-state index in [-0.39, 0.29) is 12.5 Å². The molecule has 1 unspecified atom stereocenters. The monoisotopic (exact) mass is 345 g/mol. The van der Waals surface area contributed by atoms with Crippen molar-refractivity contribution in [1.82, 2.24) is 5.32 Å². The highest BCUT2D eigenvalue weighted by Gasteiger charge is 2.28. The fourth-order valence-corrected chi connectivity index (χ4v) is 2.42. The maximum atomic E-state index is 12.5. The van der Waals surface area contributed by atoms with Crippen LogP contribution in [0.15, 0.2) is 54.6 Å². The number of hydrogen-bond acceptors (Lipinski definition) is 3. The first-order chi connectivity index (χ1) is 11.6. The number of carbonyl (C=O) groups is 2. The average Bonchev–Trinajstić information content (AvgIpc) is 2.60. The predicted molar refractivity (Wildman–Crippen MR) is 93.6 cm³/mol. The van der Waals surface area contributed by atoms with E-state index in [0.717, 1.165) is 11.1 Å². The van der Waals surface area contributed by atoms with Gasteiger partial charge in [0.25, 0.3) is 0 Å². The van der Waals surface area contributed by atoms with E-state index in [0.29, 0.717) is 18.0 Å². The molecule has 2 aromatic rings. The van der Waals surface area contributed by atoms with Crippen molar-refractivity contribution in [2.45, 2.75) is 19.9 Å². The number of ether oxygens (including phenoxy) is 1. The standard InChI is InChI=1S/C19H20ClNO3/c1-2-24-19(23)17(12-14-6-4-3-5-7-14)18(22)21-13-15-8-10-16(20)11-9-15/h3-11,17H,2,12-13H2,1H3,(H,21,22). The van der Waals surface area contributed by atoms with Crippen LogP contribution in [-0.4, -0.2) is 18.5 Å². The average molecular weight is 346 g/mol. The van der Waals surface area contributed by atoms with Gasteiger partial charge in [-0.3, -0.25) is 9.59 Å². The van der Waals surface area contributed by atoms with E-state index in [2.05, 4.69) is 5.32 Å². The van der Waals surface area contributed by atoms with Gasteiger partial charge < -0.3 is 10.1 Å². The molecule has 4 nitrogen and oxygen atoms in total. The summed E-state index contributed by atoms with van der Waals surface area (Å²) in [5.41, 5.74) is 1.83. The van der Waals surface area contributed by atoms with Gasteiger partial charge in [0.05, 0.1) is 6.61 Å². The molecule has 0 fully saturated rings. The minimum atomic E-state index is -0.861. The zero-order valence-electron chi connectivity index (χ0n) is 13.5. The Hall–Kier alpha value is -2.33. The van der Waals surface area contributed by atoms with Gasteiger partial charge in [-0.15, -0.1) is 0 Å². The van der Waals surface area contributed by atoms with Gasteiger partial charge in [-0.05, 0) is 36.6 Å². The molecule has 0 spiro atoms. The Morgan fingerprint density at radius 2 is 1.71 bits per heavy atom. The molecule has 1 atom stereocenters. The summed E-state index contributed by atoms with van der Waals surface area (Å²) in [5, 5.41) is 3.43. The second-order valence-corrected chi connectivity index (χ2v) is 5.78. The lowest BCUT2D eigenvalue weighted by Crippen LogP contribution is -2.37. The van der Waals surface area contributed by atoms with Crippen LogP contribution in [0.3, 0.4) is 0 Å². The Morgan fingerprint density at radius 3 is 2.33 bits per heavy atom. The van der Waals surface area contributed by atoms with E-state index in [1.54, 1.807) is 19.1 Å². The highest BCUT2D eigenvalue weighted by Crippen LogP contribution is 2.13. The number of halogens is 1. The summed E-state index contributed by atoms with van der Waals surface area (Å²) < 4.78 is 5.05. The van der Waals surface area contributed by atoms with Crippen LogP contribution in [0.5, 0.6) is 0 Å². The van der Waals surface area contributed by atoms with Gasteiger partial charge in [-0.25, -0.2) is 0 Å². The minimum absolute atomic E-state index is 0.245. The largest absolute Gasteiger partial charge is 0.465 e. The molecule has 0 bridgehead atoms. The van der Waals surface area contributed by atoms with E-state index < -0.39 is 11.9 Å². The summed E-state index contributed by atoms with van der Waals surface area (Å²) in [6.07, 6.45) is 0.312. The fourth-order valence-electron chi connectivity index (χ4n) is 2.29. The van der Waals surface area contributed by atoms with Crippen molar-refractivity contribution in [3.63, 3.8) is 0 Å². The van der Waals surface area contributed by atoms with Crippen molar-refractivity contribution in [2.24, 2.45) is 5.92 Å². The van der Waals surface area contributed by atoms with Gasteiger partial charge in [0.15, 0.2) is 0 Å². The molecule has 1 amide bonds. The molecule has 0 saturated heterocycles. The van der Waals surface area contributed by atoms with Gasteiger partial charge in [-0.2, -0.15) is 0 Å². The molecular formula is C19H20ClNO3. The summed E-state index contributed by atoms with van der Waals surface area (Å²) in [4.78, 5) is 24.6. The van der Waals surface area contributed by atoms with Gasteiger partial charge >= 0.3 is 5.97 Å². The minimum Gasteiger partial charge on any atom is -0.465 e. The number of carbonyl (C=O) groups excluding carboxylic acids is 2. The Balaban J connectivity index is 2.03. The molecule has 5 heteroatoms. The fraction of sp³-hybridized carbons (Fsp3) is 0.263. The van der Waals surface area contributed by atoms with Crippen LogP contribution in [0.1, 0.15) is 18.1 Å². The maximum absolute atomic E-state index is 12.5. The Morgan fingerprint density at radius 1 is 1.04 bits per heavy atom. The van der Waals surface area contributed by atoms with Crippen LogP contribution in [0.2, 0.25) is 5.02 Å². The zero-order valence-corrected chi connectivity index (χ0v) is 14.3. The molecule has 0 aliphatic carbocycles. The summed E-state index contributed by atoms with van der Waals surface area (Å²) in [6.45, 7) is 2.30. The van der Waals surface area contributed by atoms with Crippen LogP contribution in [-0.2, 0) is 27.3 Å². The number of amides is 1. The second-order valence-electron chi connectivity index (χ2n) is 5.34.